The van der Waals surface area contributed by atoms with Crippen LogP contribution in [0.4, 0.5) is 0 Å². The minimum Gasteiger partial charge on any atom is -0.480 e. The highest BCUT2D eigenvalue weighted by atomic mass is 16.4. The number of rotatable bonds is 19. The van der Waals surface area contributed by atoms with Gasteiger partial charge in [0, 0.05) is 0 Å². The molecule has 0 radical (unpaired) electrons. The fourth-order valence-electron chi connectivity index (χ4n) is 3.33. The Balaban J connectivity index is 5.40. The molecule has 0 rings (SSSR count). The minimum absolute atomic E-state index is 0.0354. The normalized spacial score (nSPS) is 14.5. The van der Waals surface area contributed by atoms with Gasteiger partial charge in [0.05, 0.1) is 12.5 Å². The summed E-state index contributed by atoms with van der Waals surface area (Å²) >= 11 is 0. The van der Waals surface area contributed by atoms with Gasteiger partial charge in [-0.15, -0.1) is 0 Å². The van der Waals surface area contributed by atoms with Gasteiger partial charge in [-0.25, -0.2) is 4.79 Å². The van der Waals surface area contributed by atoms with Crippen molar-refractivity contribution in [1.29, 1.82) is 0 Å². The van der Waals surface area contributed by atoms with Crippen LogP contribution in [0.25, 0.3) is 0 Å². The first-order valence-corrected chi connectivity index (χ1v) is 12.0. The third-order valence-corrected chi connectivity index (χ3v) is 5.25. The fraction of sp³-hybridized carbons (Fsp3) is 0.773. The standard InChI is InChI=1S/C22H43N7O6/c1-13(2)11-16(20(32)27-15(22(34)35)8-4-6-10-24)29-21(33)17(12-18(26)30)28-19(31)14(25)7-3-5-9-23/h13-17H,3-12,23-25H2,1-2H3,(H2,26,30)(H,27,32)(H,28,31)(H,29,33)(H,34,35). The van der Waals surface area contributed by atoms with Crippen LogP contribution >= 0.6 is 0 Å². The molecular weight excluding hydrogens is 458 g/mol. The van der Waals surface area contributed by atoms with Crippen LogP contribution in [0.3, 0.4) is 0 Å². The Bertz CT molecular complexity index is 704. The maximum atomic E-state index is 12.9. The van der Waals surface area contributed by atoms with Crippen LogP contribution < -0.4 is 38.9 Å². The van der Waals surface area contributed by atoms with Gasteiger partial charge in [0.2, 0.25) is 23.6 Å². The predicted molar refractivity (Wildman–Crippen MR) is 130 cm³/mol. The van der Waals surface area contributed by atoms with E-state index in [9.17, 15) is 29.1 Å². The third-order valence-electron chi connectivity index (χ3n) is 5.25. The number of hydrogen-bond donors (Lipinski definition) is 8. The second-order valence-corrected chi connectivity index (χ2v) is 9.00. The van der Waals surface area contributed by atoms with E-state index in [2.05, 4.69) is 16.0 Å². The van der Waals surface area contributed by atoms with Gasteiger partial charge in [-0.2, -0.15) is 0 Å². The maximum absolute atomic E-state index is 12.9. The van der Waals surface area contributed by atoms with E-state index in [1.165, 1.54) is 0 Å². The number of carboxylic acids is 1. The summed E-state index contributed by atoms with van der Waals surface area (Å²) in [4.78, 5) is 61.3. The lowest BCUT2D eigenvalue weighted by Gasteiger charge is -2.25. The fourth-order valence-corrected chi connectivity index (χ4v) is 3.33. The summed E-state index contributed by atoms with van der Waals surface area (Å²) in [7, 11) is 0. The highest BCUT2D eigenvalue weighted by Gasteiger charge is 2.31. The quantitative estimate of drug-likeness (QED) is 0.0913. The number of nitrogens with one attached hydrogen (secondary N) is 3. The van der Waals surface area contributed by atoms with Crippen molar-refractivity contribution in [2.45, 2.75) is 89.4 Å². The zero-order valence-electron chi connectivity index (χ0n) is 20.8. The van der Waals surface area contributed by atoms with Gasteiger partial charge in [0.25, 0.3) is 0 Å². The lowest BCUT2D eigenvalue weighted by molar-refractivity contribution is -0.142. The molecule has 0 aromatic carbocycles. The molecule has 13 heteroatoms. The molecule has 0 saturated carbocycles. The first kappa shape index (κ1) is 32.2. The maximum Gasteiger partial charge on any atom is 0.326 e. The molecule has 0 fully saturated rings. The second kappa shape index (κ2) is 17.6. The average molecular weight is 502 g/mol. The van der Waals surface area contributed by atoms with E-state index in [-0.39, 0.29) is 18.8 Å². The summed E-state index contributed by atoms with van der Waals surface area (Å²) in [5.41, 5.74) is 22.0. The molecule has 202 valence electrons. The minimum atomic E-state index is -1.34. The Labute approximate surface area is 206 Å². The molecule has 13 nitrogen and oxygen atoms in total. The monoisotopic (exact) mass is 501 g/mol. The third kappa shape index (κ3) is 14.3. The SMILES string of the molecule is CC(C)CC(NC(=O)C(CC(N)=O)NC(=O)C(N)CCCCN)C(=O)NC(CCCCN)C(=O)O. The van der Waals surface area contributed by atoms with Crippen LogP contribution in [-0.2, 0) is 24.0 Å². The van der Waals surface area contributed by atoms with Gasteiger partial charge in [-0.1, -0.05) is 20.3 Å². The van der Waals surface area contributed by atoms with Gasteiger partial charge < -0.3 is 44.0 Å². The molecule has 0 saturated heterocycles. The van der Waals surface area contributed by atoms with E-state index in [0.717, 1.165) is 0 Å². The number of primary amides is 1. The number of hydrogen-bond acceptors (Lipinski definition) is 8. The smallest absolute Gasteiger partial charge is 0.326 e. The summed E-state index contributed by atoms with van der Waals surface area (Å²) in [6.45, 7) is 4.50. The largest absolute Gasteiger partial charge is 0.480 e. The van der Waals surface area contributed by atoms with Crippen LogP contribution in [0.15, 0.2) is 0 Å². The summed E-state index contributed by atoms with van der Waals surface area (Å²) in [6.07, 6.45) is 2.63. The number of carbonyl (C=O) groups is 5. The topological polar surface area (TPSA) is 246 Å². The molecule has 0 aliphatic rings. The van der Waals surface area contributed by atoms with Gasteiger partial charge >= 0.3 is 5.97 Å². The molecule has 4 amide bonds. The van der Waals surface area contributed by atoms with Crippen LogP contribution in [0.2, 0.25) is 0 Å². The van der Waals surface area contributed by atoms with E-state index in [1.807, 2.05) is 13.8 Å². The number of unbranched alkanes of at least 4 members (excludes halogenated alkanes) is 2. The van der Waals surface area contributed by atoms with Gasteiger partial charge in [0.15, 0.2) is 0 Å². The predicted octanol–water partition coefficient (Wildman–Crippen LogP) is -1.97. The van der Waals surface area contributed by atoms with Gasteiger partial charge in [-0.3, -0.25) is 19.2 Å². The highest BCUT2D eigenvalue weighted by Crippen LogP contribution is 2.09. The van der Waals surface area contributed by atoms with Crippen molar-refractivity contribution in [2.75, 3.05) is 13.1 Å². The Morgan fingerprint density at radius 3 is 1.71 bits per heavy atom. The molecule has 0 heterocycles. The van der Waals surface area contributed by atoms with Crippen LogP contribution in [0, 0.1) is 5.92 Å². The number of amides is 4. The molecular formula is C22H43N7O6. The molecule has 0 bridgehead atoms. The first-order chi connectivity index (χ1) is 16.4. The number of aliphatic carboxylic acids is 1. The van der Waals surface area contributed by atoms with Crippen molar-refractivity contribution in [3.05, 3.63) is 0 Å². The summed E-state index contributed by atoms with van der Waals surface area (Å²) in [5.74, 6) is -4.20. The highest BCUT2D eigenvalue weighted by molar-refractivity contribution is 5.96. The molecule has 0 aliphatic carbocycles. The Morgan fingerprint density at radius 1 is 0.743 bits per heavy atom. The van der Waals surface area contributed by atoms with E-state index in [4.69, 9.17) is 22.9 Å². The average Bonchev–Trinajstić information content (AvgIpc) is 2.76. The Kier molecular flexibility index (Phi) is 16.2. The zero-order valence-corrected chi connectivity index (χ0v) is 20.8. The van der Waals surface area contributed by atoms with Gasteiger partial charge in [0.1, 0.15) is 18.1 Å². The summed E-state index contributed by atoms with van der Waals surface area (Å²) in [6, 6.07) is -4.50. The Morgan fingerprint density at radius 2 is 1.23 bits per heavy atom. The zero-order chi connectivity index (χ0) is 27.0. The number of carboxylic acid groups (broad SMARTS) is 1. The van der Waals surface area contributed by atoms with Crippen LogP contribution in [-0.4, -0.2) is 72.0 Å². The van der Waals surface area contributed by atoms with Crippen molar-refractivity contribution >= 4 is 29.6 Å². The van der Waals surface area contributed by atoms with Crippen molar-refractivity contribution < 1.29 is 29.1 Å². The molecule has 12 N–H and O–H groups in total. The number of nitrogens with two attached hydrogens (primary N) is 4. The molecule has 4 unspecified atom stereocenters. The molecule has 0 spiro atoms. The summed E-state index contributed by atoms with van der Waals surface area (Å²) < 4.78 is 0. The van der Waals surface area contributed by atoms with Crippen LogP contribution in [0.1, 0.15) is 65.2 Å². The molecule has 4 atom stereocenters. The van der Waals surface area contributed by atoms with Crippen molar-refractivity contribution in [3.8, 4) is 0 Å². The van der Waals surface area contributed by atoms with E-state index in [0.29, 0.717) is 45.2 Å². The number of carbonyl (C=O) groups excluding carboxylic acids is 4. The van der Waals surface area contributed by atoms with Crippen molar-refractivity contribution in [1.82, 2.24) is 16.0 Å². The van der Waals surface area contributed by atoms with Crippen LogP contribution in [0.5, 0.6) is 0 Å². The molecule has 0 aromatic heterocycles. The molecule has 0 aliphatic heterocycles. The van der Waals surface area contributed by atoms with E-state index >= 15 is 0 Å². The first-order valence-electron chi connectivity index (χ1n) is 12.0. The lowest BCUT2D eigenvalue weighted by atomic mass is 10.0. The Hall–Kier alpha value is -2.77. The molecule has 35 heavy (non-hydrogen) atoms. The second-order valence-electron chi connectivity index (χ2n) is 9.00. The molecule has 0 aromatic rings. The van der Waals surface area contributed by atoms with Crippen molar-refractivity contribution in [2.24, 2.45) is 28.9 Å². The lowest BCUT2D eigenvalue weighted by Crippen LogP contribution is -2.58. The van der Waals surface area contributed by atoms with Crippen molar-refractivity contribution in [3.63, 3.8) is 0 Å². The van der Waals surface area contributed by atoms with Gasteiger partial charge in [-0.05, 0) is 57.5 Å². The van der Waals surface area contributed by atoms with E-state index in [1.54, 1.807) is 0 Å². The van der Waals surface area contributed by atoms with E-state index < -0.39 is 60.2 Å². The summed E-state index contributed by atoms with van der Waals surface area (Å²) in [5, 5.41) is 16.8.